The van der Waals surface area contributed by atoms with E-state index in [9.17, 15) is 14.7 Å². The Morgan fingerprint density at radius 2 is 2.21 bits per heavy atom. The third-order valence-electron chi connectivity index (χ3n) is 4.90. The second kappa shape index (κ2) is 7.23. The van der Waals surface area contributed by atoms with Crippen molar-refractivity contribution in [2.45, 2.75) is 26.1 Å². The molecule has 1 aromatic carbocycles. The number of nitrogens with zero attached hydrogens (tertiary/aromatic N) is 1. The molecule has 0 fully saturated rings. The molecular formula is C19H21N3O5S. The van der Waals surface area contributed by atoms with Crippen LogP contribution in [0.15, 0.2) is 18.2 Å². The third kappa shape index (κ3) is 3.11. The van der Waals surface area contributed by atoms with Crippen LogP contribution in [0.4, 0.5) is 9.80 Å². The summed E-state index contributed by atoms with van der Waals surface area (Å²) in [6.07, 6.45) is -0.144. The summed E-state index contributed by atoms with van der Waals surface area (Å²) in [7, 11) is 1.48. The molecule has 9 heteroatoms. The van der Waals surface area contributed by atoms with E-state index in [2.05, 4.69) is 10.6 Å². The van der Waals surface area contributed by atoms with E-state index < -0.39 is 6.17 Å². The van der Waals surface area contributed by atoms with Crippen molar-refractivity contribution >= 4 is 28.3 Å². The Morgan fingerprint density at radius 3 is 2.96 bits per heavy atom. The van der Waals surface area contributed by atoms with E-state index >= 15 is 0 Å². The van der Waals surface area contributed by atoms with Crippen molar-refractivity contribution in [3.8, 4) is 11.5 Å². The van der Waals surface area contributed by atoms with Gasteiger partial charge in [0.25, 0.3) is 5.91 Å². The lowest BCUT2D eigenvalue weighted by molar-refractivity contribution is 0.0934. The van der Waals surface area contributed by atoms with Gasteiger partial charge in [0.05, 0.1) is 25.8 Å². The largest absolute Gasteiger partial charge is 0.504 e. The number of hydrogen-bond acceptors (Lipinski definition) is 7. The summed E-state index contributed by atoms with van der Waals surface area (Å²) < 4.78 is 10.2. The molecule has 148 valence electrons. The van der Waals surface area contributed by atoms with E-state index in [4.69, 9.17) is 9.47 Å². The molecule has 0 spiro atoms. The molecular weight excluding hydrogens is 382 g/mol. The van der Waals surface area contributed by atoms with Gasteiger partial charge >= 0.3 is 6.09 Å². The van der Waals surface area contributed by atoms with Crippen LogP contribution in [0, 0.1) is 0 Å². The SMILES string of the molecule is CCOC(=O)N1CCc2c(sc3c2C(=O)N[C@H](c2ccc(O)c(OC)c2)N3)C1. The molecule has 0 saturated carbocycles. The highest BCUT2D eigenvalue weighted by Gasteiger charge is 2.34. The average Bonchev–Trinajstić information content (AvgIpc) is 3.06. The van der Waals surface area contributed by atoms with Crippen molar-refractivity contribution in [3.05, 3.63) is 39.8 Å². The fourth-order valence-electron chi connectivity index (χ4n) is 3.53. The van der Waals surface area contributed by atoms with Gasteiger partial charge in [-0.1, -0.05) is 6.07 Å². The predicted molar refractivity (Wildman–Crippen MR) is 104 cm³/mol. The second-order valence-corrected chi connectivity index (χ2v) is 7.67. The van der Waals surface area contributed by atoms with Crippen molar-refractivity contribution in [3.63, 3.8) is 0 Å². The van der Waals surface area contributed by atoms with Crippen molar-refractivity contribution in [1.29, 1.82) is 0 Å². The van der Waals surface area contributed by atoms with Gasteiger partial charge in [-0.05, 0) is 36.6 Å². The van der Waals surface area contributed by atoms with Crippen molar-refractivity contribution in [2.24, 2.45) is 0 Å². The van der Waals surface area contributed by atoms with Crippen LogP contribution in [0.25, 0.3) is 0 Å². The van der Waals surface area contributed by atoms with Crippen LogP contribution >= 0.6 is 11.3 Å². The molecule has 8 nitrogen and oxygen atoms in total. The van der Waals surface area contributed by atoms with Crippen LogP contribution < -0.4 is 15.4 Å². The number of amides is 2. The van der Waals surface area contributed by atoms with Gasteiger partial charge in [0.1, 0.15) is 11.2 Å². The first kappa shape index (κ1) is 18.4. The van der Waals surface area contributed by atoms with Gasteiger partial charge in [-0.3, -0.25) is 4.79 Å². The van der Waals surface area contributed by atoms with Gasteiger partial charge in [0, 0.05) is 11.4 Å². The Balaban J connectivity index is 1.60. The molecule has 3 heterocycles. The maximum Gasteiger partial charge on any atom is 0.410 e. The van der Waals surface area contributed by atoms with Crippen molar-refractivity contribution in [1.82, 2.24) is 10.2 Å². The number of aromatic hydroxyl groups is 1. The molecule has 2 aliphatic rings. The Labute approximate surface area is 166 Å². The standard InChI is InChI=1S/C19H21N3O5S/c1-3-27-19(25)22-7-6-11-14(9-22)28-18-15(11)17(24)20-16(21-18)10-4-5-12(23)13(8-10)26-2/h4-5,8,16,21,23H,3,6-7,9H2,1-2H3,(H,20,24)/t16-/m0/s1. The van der Waals surface area contributed by atoms with Gasteiger partial charge in [0.15, 0.2) is 11.5 Å². The number of nitrogens with one attached hydrogen (secondary N) is 2. The van der Waals surface area contributed by atoms with E-state index in [1.807, 2.05) is 0 Å². The Bertz CT molecular complexity index is 942. The van der Waals surface area contributed by atoms with Crippen LogP contribution in [0.3, 0.4) is 0 Å². The number of anilines is 1. The van der Waals surface area contributed by atoms with Gasteiger partial charge in [-0.2, -0.15) is 0 Å². The van der Waals surface area contributed by atoms with E-state index in [1.54, 1.807) is 24.0 Å². The lowest BCUT2D eigenvalue weighted by Crippen LogP contribution is -2.39. The van der Waals surface area contributed by atoms with Crippen LogP contribution in [-0.2, 0) is 17.7 Å². The quantitative estimate of drug-likeness (QED) is 0.729. The Morgan fingerprint density at radius 1 is 1.39 bits per heavy atom. The lowest BCUT2D eigenvalue weighted by atomic mass is 10.0. The van der Waals surface area contributed by atoms with E-state index in [0.29, 0.717) is 37.4 Å². The molecule has 3 N–H and O–H groups in total. The molecule has 28 heavy (non-hydrogen) atoms. The lowest BCUT2D eigenvalue weighted by Gasteiger charge is -2.28. The summed E-state index contributed by atoms with van der Waals surface area (Å²) in [4.78, 5) is 27.5. The first-order chi connectivity index (χ1) is 13.5. The maximum absolute atomic E-state index is 12.8. The molecule has 2 aliphatic heterocycles. The molecule has 2 amide bonds. The molecule has 1 atom stereocenters. The first-order valence-corrected chi connectivity index (χ1v) is 9.84. The smallest absolute Gasteiger partial charge is 0.410 e. The molecule has 0 aliphatic carbocycles. The number of phenolic OH excluding ortho intramolecular Hbond substituents is 1. The predicted octanol–water partition coefficient (Wildman–Crippen LogP) is 2.83. The van der Waals surface area contributed by atoms with Gasteiger partial charge in [-0.15, -0.1) is 11.3 Å². The summed E-state index contributed by atoms with van der Waals surface area (Å²) in [5, 5.41) is 16.9. The molecule has 0 radical (unpaired) electrons. The van der Waals surface area contributed by atoms with Crippen molar-refractivity contribution in [2.75, 3.05) is 25.6 Å². The number of fused-ring (bicyclic) bond motifs is 3. The first-order valence-electron chi connectivity index (χ1n) is 9.02. The van der Waals surface area contributed by atoms with E-state index in [1.165, 1.54) is 24.5 Å². The van der Waals surface area contributed by atoms with E-state index in [-0.39, 0.29) is 17.7 Å². The molecule has 0 saturated heterocycles. The molecule has 2 aromatic rings. The van der Waals surface area contributed by atoms with Gasteiger partial charge in [-0.25, -0.2) is 4.79 Å². The number of carbonyl (C=O) groups is 2. The van der Waals surface area contributed by atoms with E-state index in [0.717, 1.165) is 21.0 Å². The number of ether oxygens (including phenoxy) is 2. The zero-order chi connectivity index (χ0) is 19.8. The highest BCUT2D eigenvalue weighted by atomic mass is 32.1. The topological polar surface area (TPSA) is 100 Å². The van der Waals surface area contributed by atoms with Gasteiger partial charge < -0.3 is 30.1 Å². The van der Waals surface area contributed by atoms with Crippen LogP contribution in [0.5, 0.6) is 11.5 Å². The van der Waals surface area contributed by atoms with Crippen LogP contribution in [0.2, 0.25) is 0 Å². The number of carbonyl (C=O) groups excluding carboxylic acids is 2. The molecule has 4 rings (SSSR count). The fraction of sp³-hybridized carbons (Fsp3) is 0.368. The number of thiophene rings is 1. The minimum atomic E-state index is -0.434. The number of phenols is 1. The molecule has 0 bridgehead atoms. The highest BCUT2D eigenvalue weighted by Crippen LogP contribution is 2.41. The van der Waals surface area contributed by atoms with Gasteiger partial charge in [0.2, 0.25) is 0 Å². The number of benzene rings is 1. The zero-order valence-corrected chi connectivity index (χ0v) is 16.4. The maximum atomic E-state index is 12.8. The fourth-order valence-corrected chi connectivity index (χ4v) is 4.82. The second-order valence-electron chi connectivity index (χ2n) is 6.56. The summed E-state index contributed by atoms with van der Waals surface area (Å²) in [5.74, 6) is 0.238. The minimum absolute atomic E-state index is 0.0414. The van der Waals surface area contributed by atoms with Crippen LogP contribution in [-0.4, -0.2) is 42.3 Å². The minimum Gasteiger partial charge on any atom is -0.504 e. The third-order valence-corrected chi connectivity index (χ3v) is 6.05. The monoisotopic (exact) mass is 403 g/mol. The highest BCUT2D eigenvalue weighted by molar-refractivity contribution is 7.16. The average molecular weight is 403 g/mol. The Hall–Kier alpha value is -2.94. The summed E-state index contributed by atoms with van der Waals surface area (Å²) >= 11 is 1.49. The normalized spacial score (nSPS) is 17.9. The summed E-state index contributed by atoms with van der Waals surface area (Å²) in [6, 6.07) is 4.96. The summed E-state index contributed by atoms with van der Waals surface area (Å²) in [6.45, 7) is 3.09. The number of rotatable bonds is 3. The number of methoxy groups -OCH3 is 1. The molecule has 0 unspecified atom stereocenters. The number of hydrogen-bond donors (Lipinski definition) is 3. The Kier molecular flexibility index (Phi) is 4.76. The molecule has 1 aromatic heterocycles. The summed E-state index contributed by atoms with van der Waals surface area (Å²) in [5.41, 5.74) is 2.42. The van der Waals surface area contributed by atoms with Crippen LogP contribution in [0.1, 0.15) is 39.5 Å². The zero-order valence-electron chi connectivity index (χ0n) is 15.6. The van der Waals surface area contributed by atoms with Crippen molar-refractivity contribution < 1.29 is 24.2 Å².